The van der Waals surface area contributed by atoms with Gasteiger partial charge < -0.3 is 10.5 Å². The van der Waals surface area contributed by atoms with E-state index in [1.165, 1.54) is 11.1 Å². The minimum absolute atomic E-state index is 0.606. The molecule has 1 aliphatic rings. The third-order valence-electron chi connectivity index (χ3n) is 2.37. The molecule has 0 radical (unpaired) electrons. The van der Waals surface area contributed by atoms with Crippen molar-refractivity contribution in [3.8, 4) is 0 Å². The van der Waals surface area contributed by atoms with Crippen LogP contribution in [0.4, 0.5) is 0 Å². The fraction of sp³-hybridized carbons (Fsp3) is 0.556. The molecule has 0 saturated carbocycles. The Morgan fingerprint density at radius 1 is 1.58 bits per heavy atom. The average molecular weight is 183 g/mol. The predicted molar refractivity (Wildman–Crippen MR) is 50.4 cm³/mol. The molecule has 0 aromatic carbocycles. The van der Waals surface area contributed by atoms with E-state index in [0.717, 1.165) is 19.6 Å². The number of thiophene rings is 1. The second kappa shape index (κ2) is 3.56. The second-order valence-electron chi connectivity index (χ2n) is 3.12. The average Bonchev–Trinajstić information content (AvgIpc) is 2.74. The molecule has 1 atom stereocenters. The van der Waals surface area contributed by atoms with E-state index in [1.54, 1.807) is 11.3 Å². The summed E-state index contributed by atoms with van der Waals surface area (Å²) in [5.74, 6) is 0.606. The molecule has 1 aromatic heterocycles. The van der Waals surface area contributed by atoms with Crippen molar-refractivity contribution in [2.24, 2.45) is 5.73 Å². The van der Waals surface area contributed by atoms with E-state index in [4.69, 9.17) is 10.5 Å². The first kappa shape index (κ1) is 8.23. The first-order valence-corrected chi connectivity index (χ1v) is 5.19. The summed E-state index contributed by atoms with van der Waals surface area (Å²) >= 11 is 1.74. The molecule has 1 aliphatic heterocycles. The lowest BCUT2D eigenvalue weighted by atomic mass is 9.98. The van der Waals surface area contributed by atoms with Crippen LogP contribution in [0.15, 0.2) is 10.8 Å². The summed E-state index contributed by atoms with van der Waals surface area (Å²) < 4.78 is 5.34. The lowest BCUT2D eigenvalue weighted by Crippen LogP contribution is -2.03. The smallest absolute Gasteiger partial charge is 0.0535 e. The largest absolute Gasteiger partial charge is 0.381 e. The number of hydrogen-bond donors (Lipinski definition) is 1. The first-order chi connectivity index (χ1) is 5.92. The predicted octanol–water partition coefficient (Wildman–Crippen LogP) is 1.71. The van der Waals surface area contributed by atoms with Crippen LogP contribution in [0.5, 0.6) is 0 Å². The summed E-state index contributed by atoms with van der Waals surface area (Å²) in [5.41, 5.74) is 8.35. The van der Waals surface area contributed by atoms with E-state index in [0.29, 0.717) is 12.5 Å². The Balaban J connectivity index is 2.19. The van der Waals surface area contributed by atoms with Gasteiger partial charge in [0.25, 0.3) is 0 Å². The first-order valence-electron chi connectivity index (χ1n) is 4.24. The lowest BCUT2D eigenvalue weighted by molar-refractivity contribution is 0.194. The lowest BCUT2D eigenvalue weighted by Gasteiger charge is -2.07. The van der Waals surface area contributed by atoms with Crippen molar-refractivity contribution in [2.75, 3.05) is 13.2 Å². The van der Waals surface area contributed by atoms with Crippen molar-refractivity contribution in [3.63, 3.8) is 0 Å². The molecule has 2 rings (SSSR count). The maximum Gasteiger partial charge on any atom is 0.0535 e. The normalized spacial score (nSPS) is 23.2. The van der Waals surface area contributed by atoms with E-state index in [9.17, 15) is 0 Å². The molecule has 2 N–H and O–H groups in total. The van der Waals surface area contributed by atoms with Crippen LogP contribution in [0.2, 0.25) is 0 Å². The van der Waals surface area contributed by atoms with Crippen molar-refractivity contribution in [1.82, 2.24) is 0 Å². The van der Waals surface area contributed by atoms with Gasteiger partial charge in [-0.1, -0.05) is 0 Å². The Hall–Kier alpha value is -0.380. The highest BCUT2D eigenvalue weighted by atomic mass is 32.1. The maximum atomic E-state index is 5.63. The van der Waals surface area contributed by atoms with Crippen LogP contribution in [-0.4, -0.2) is 13.2 Å². The number of hydrogen-bond acceptors (Lipinski definition) is 3. The molecule has 0 amide bonds. The van der Waals surface area contributed by atoms with Crippen molar-refractivity contribution < 1.29 is 4.74 Å². The fourth-order valence-electron chi connectivity index (χ4n) is 1.64. The third kappa shape index (κ3) is 1.40. The minimum Gasteiger partial charge on any atom is -0.381 e. The maximum absolute atomic E-state index is 5.63. The van der Waals surface area contributed by atoms with Gasteiger partial charge in [-0.2, -0.15) is 11.3 Å². The Labute approximate surface area is 76.3 Å². The van der Waals surface area contributed by atoms with Crippen molar-refractivity contribution >= 4 is 11.3 Å². The van der Waals surface area contributed by atoms with E-state index >= 15 is 0 Å². The van der Waals surface area contributed by atoms with Crippen molar-refractivity contribution in [2.45, 2.75) is 18.9 Å². The van der Waals surface area contributed by atoms with Crippen LogP contribution in [0.3, 0.4) is 0 Å². The summed E-state index contributed by atoms with van der Waals surface area (Å²) in [6.07, 6.45) is 1.16. The molecule has 12 heavy (non-hydrogen) atoms. The SMILES string of the molecule is NCc1cscc1C1CCOC1. The van der Waals surface area contributed by atoms with Gasteiger partial charge in [0.2, 0.25) is 0 Å². The van der Waals surface area contributed by atoms with Gasteiger partial charge in [-0.25, -0.2) is 0 Å². The van der Waals surface area contributed by atoms with Gasteiger partial charge in [0.15, 0.2) is 0 Å². The van der Waals surface area contributed by atoms with E-state index in [-0.39, 0.29) is 0 Å². The summed E-state index contributed by atoms with van der Waals surface area (Å²) in [7, 11) is 0. The molecule has 0 spiro atoms. The molecule has 2 nitrogen and oxygen atoms in total. The summed E-state index contributed by atoms with van der Waals surface area (Å²) in [6, 6.07) is 0. The van der Waals surface area contributed by atoms with Crippen LogP contribution in [-0.2, 0) is 11.3 Å². The Kier molecular flexibility index (Phi) is 2.44. The van der Waals surface area contributed by atoms with Gasteiger partial charge in [-0.15, -0.1) is 0 Å². The van der Waals surface area contributed by atoms with Crippen LogP contribution >= 0.6 is 11.3 Å². The standard InChI is InChI=1S/C9H13NOS/c10-3-8-5-12-6-9(8)7-1-2-11-4-7/h5-7H,1-4,10H2. The molecule has 1 fully saturated rings. The molecule has 3 heteroatoms. The molecular weight excluding hydrogens is 170 g/mol. The second-order valence-corrected chi connectivity index (χ2v) is 3.86. The van der Waals surface area contributed by atoms with E-state index < -0.39 is 0 Å². The number of rotatable bonds is 2. The fourth-order valence-corrected chi connectivity index (χ4v) is 2.59. The van der Waals surface area contributed by atoms with Crippen molar-refractivity contribution in [1.29, 1.82) is 0 Å². The minimum atomic E-state index is 0.606. The monoisotopic (exact) mass is 183 g/mol. The topological polar surface area (TPSA) is 35.2 Å². The van der Waals surface area contributed by atoms with E-state index in [1.807, 2.05) is 0 Å². The highest BCUT2D eigenvalue weighted by Gasteiger charge is 2.20. The van der Waals surface area contributed by atoms with Crippen LogP contribution in [0, 0.1) is 0 Å². The molecule has 0 bridgehead atoms. The molecule has 1 aromatic rings. The Bertz CT molecular complexity index is 253. The van der Waals surface area contributed by atoms with Crippen molar-refractivity contribution in [3.05, 3.63) is 21.9 Å². The number of nitrogens with two attached hydrogens (primary N) is 1. The zero-order valence-corrected chi connectivity index (χ0v) is 7.77. The third-order valence-corrected chi connectivity index (χ3v) is 3.18. The highest BCUT2D eigenvalue weighted by molar-refractivity contribution is 7.08. The molecular formula is C9H13NOS. The molecule has 1 saturated heterocycles. The van der Waals surface area contributed by atoms with Gasteiger partial charge in [0.1, 0.15) is 0 Å². The molecule has 1 unspecified atom stereocenters. The van der Waals surface area contributed by atoms with Crippen LogP contribution in [0.25, 0.3) is 0 Å². The zero-order chi connectivity index (χ0) is 8.39. The quantitative estimate of drug-likeness (QED) is 0.757. The van der Waals surface area contributed by atoms with Gasteiger partial charge in [-0.3, -0.25) is 0 Å². The molecule has 66 valence electrons. The summed E-state index contributed by atoms with van der Waals surface area (Å²) in [4.78, 5) is 0. The Morgan fingerprint density at radius 2 is 2.50 bits per heavy atom. The molecule has 0 aliphatic carbocycles. The van der Waals surface area contributed by atoms with E-state index in [2.05, 4.69) is 10.8 Å². The van der Waals surface area contributed by atoms with Gasteiger partial charge in [0, 0.05) is 19.1 Å². The van der Waals surface area contributed by atoms with Gasteiger partial charge in [0.05, 0.1) is 6.61 Å². The van der Waals surface area contributed by atoms with Crippen LogP contribution < -0.4 is 5.73 Å². The molecule has 2 heterocycles. The number of ether oxygens (including phenoxy) is 1. The zero-order valence-electron chi connectivity index (χ0n) is 6.95. The van der Waals surface area contributed by atoms with Gasteiger partial charge >= 0.3 is 0 Å². The summed E-state index contributed by atoms with van der Waals surface area (Å²) in [5, 5.41) is 4.36. The van der Waals surface area contributed by atoms with Crippen LogP contribution in [0.1, 0.15) is 23.5 Å². The van der Waals surface area contributed by atoms with Gasteiger partial charge in [-0.05, 0) is 28.3 Å². The Morgan fingerprint density at radius 3 is 3.17 bits per heavy atom. The highest BCUT2D eigenvalue weighted by Crippen LogP contribution is 2.30. The summed E-state index contributed by atoms with van der Waals surface area (Å²) in [6.45, 7) is 2.45.